The fourth-order valence-corrected chi connectivity index (χ4v) is 6.14. The number of carbonyl (C=O) groups excluding carboxylic acids is 1. The quantitative estimate of drug-likeness (QED) is 0.544. The molecule has 10 heteroatoms. The first kappa shape index (κ1) is 29.0. The van der Waals surface area contributed by atoms with E-state index in [1.807, 2.05) is 6.92 Å². The van der Waals surface area contributed by atoms with E-state index in [2.05, 4.69) is 16.8 Å². The van der Waals surface area contributed by atoms with Gasteiger partial charge in [0.25, 0.3) is 5.91 Å². The van der Waals surface area contributed by atoms with Crippen LogP contribution in [0.2, 0.25) is 0 Å². The molecule has 2 aliphatic rings. The van der Waals surface area contributed by atoms with Crippen LogP contribution >= 0.6 is 0 Å². The van der Waals surface area contributed by atoms with E-state index in [9.17, 15) is 22.7 Å². The predicted octanol–water partition coefficient (Wildman–Crippen LogP) is 3.69. The number of aromatic nitrogens is 1. The second kappa shape index (κ2) is 12.5. The molecule has 210 valence electrons. The largest absolute Gasteiger partial charge is 0.472 e. The van der Waals surface area contributed by atoms with Crippen LogP contribution in [0.3, 0.4) is 0 Å². The van der Waals surface area contributed by atoms with Crippen LogP contribution in [-0.2, 0) is 10.0 Å². The number of aliphatic hydroxyl groups is 1. The molecule has 39 heavy (non-hydrogen) atoms. The summed E-state index contributed by atoms with van der Waals surface area (Å²) in [5.41, 5.74) is 0.834. The van der Waals surface area contributed by atoms with E-state index in [1.54, 1.807) is 24.1 Å². The molecule has 1 aromatic carbocycles. The fourth-order valence-electron chi connectivity index (χ4n) is 4.96. The Morgan fingerprint density at radius 2 is 1.92 bits per heavy atom. The number of carbonyl (C=O) groups is 1. The van der Waals surface area contributed by atoms with Crippen molar-refractivity contribution in [3.8, 4) is 17.7 Å². The molecule has 2 aromatic rings. The summed E-state index contributed by atoms with van der Waals surface area (Å²) < 4.78 is 47.1. The van der Waals surface area contributed by atoms with Crippen LogP contribution in [-0.4, -0.2) is 72.5 Å². The van der Waals surface area contributed by atoms with E-state index in [0.717, 1.165) is 29.3 Å². The Hall–Kier alpha value is -3.00. The molecule has 0 unspecified atom stereocenters. The number of sulfonamides is 1. The van der Waals surface area contributed by atoms with E-state index in [0.29, 0.717) is 11.5 Å². The third kappa shape index (κ3) is 6.78. The zero-order valence-electron chi connectivity index (χ0n) is 22.6. The second-order valence-corrected chi connectivity index (χ2v) is 12.6. The van der Waals surface area contributed by atoms with Crippen LogP contribution in [0, 0.1) is 29.5 Å². The maximum absolute atomic E-state index is 13.6. The Balaban J connectivity index is 1.64. The molecule has 1 aliphatic carbocycles. The molecule has 1 saturated carbocycles. The topological polar surface area (TPSA) is 100 Å². The number of amides is 1. The van der Waals surface area contributed by atoms with Gasteiger partial charge in [-0.1, -0.05) is 38.0 Å². The number of ether oxygens (including phenoxy) is 1. The number of aliphatic hydroxyl groups excluding tert-OH is 1. The summed E-state index contributed by atoms with van der Waals surface area (Å²) >= 11 is 0. The lowest BCUT2D eigenvalue weighted by atomic mass is 9.90. The average Bonchev–Trinajstić information content (AvgIpc) is 2.94. The molecule has 0 radical (unpaired) electrons. The maximum Gasteiger partial charge on any atom is 0.259 e. The van der Waals surface area contributed by atoms with Gasteiger partial charge in [-0.2, -0.15) is 4.31 Å². The van der Waals surface area contributed by atoms with Crippen LogP contribution in [0.15, 0.2) is 41.4 Å². The summed E-state index contributed by atoms with van der Waals surface area (Å²) in [6, 6.07) is 5.85. The zero-order valence-corrected chi connectivity index (χ0v) is 23.5. The fraction of sp³-hybridized carbons (Fsp3) is 0.517. The molecule has 2 heterocycles. The van der Waals surface area contributed by atoms with Crippen LogP contribution in [0.4, 0.5) is 4.39 Å². The zero-order chi connectivity index (χ0) is 28.2. The van der Waals surface area contributed by atoms with Crippen molar-refractivity contribution in [1.82, 2.24) is 14.2 Å². The highest BCUT2D eigenvalue weighted by molar-refractivity contribution is 7.89. The van der Waals surface area contributed by atoms with E-state index >= 15 is 0 Å². The van der Waals surface area contributed by atoms with Gasteiger partial charge in [-0.15, -0.1) is 0 Å². The normalized spacial score (nSPS) is 21.3. The number of rotatable bonds is 6. The third-order valence-corrected chi connectivity index (χ3v) is 9.34. The molecule has 1 N–H and O–H groups in total. The minimum Gasteiger partial charge on any atom is -0.472 e. The molecule has 1 fully saturated rings. The molecular formula is C29H36FN3O5S. The van der Waals surface area contributed by atoms with Crippen molar-refractivity contribution in [2.24, 2.45) is 11.8 Å². The summed E-state index contributed by atoms with van der Waals surface area (Å²) in [7, 11) is -2.48. The van der Waals surface area contributed by atoms with Crippen LogP contribution in [0.25, 0.3) is 0 Å². The van der Waals surface area contributed by atoms with Gasteiger partial charge >= 0.3 is 0 Å². The molecule has 1 aromatic heterocycles. The Morgan fingerprint density at radius 1 is 1.23 bits per heavy atom. The summed E-state index contributed by atoms with van der Waals surface area (Å²) in [5.74, 6) is 5.78. The van der Waals surface area contributed by atoms with Crippen molar-refractivity contribution < 1.29 is 27.4 Å². The number of benzene rings is 1. The SMILES string of the molecule is C[C@H](CO)N1C[C@H](C)[C@H](CN(C)S(=O)(=O)c2ccc(F)cc2)Oc2ncc(C#CC3CCCCC3)cc2C1=O. The third-order valence-electron chi connectivity index (χ3n) is 7.51. The van der Waals surface area contributed by atoms with E-state index < -0.39 is 28.0 Å². The minimum atomic E-state index is -3.92. The maximum atomic E-state index is 13.6. The van der Waals surface area contributed by atoms with E-state index in [4.69, 9.17) is 4.74 Å². The molecule has 1 aliphatic heterocycles. The molecule has 1 amide bonds. The van der Waals surface area contributed by atoms with E-state index in [-0.39, 0.29) is 47.9 Å². The van der Waals surface area contributed by atoms with Crippen molar-refractivity contribution >= 4 is 15.9 Å². The van der Waals surface area contributed by atoms with Gasteiger partial charge in [0.15, 0.2) is 0 Å². The first-order valence-electron chi connectivity index (χ1n) is 13.4. The molecule has 0 spiro atoms. The number of hydrogen-bond donors (Lipinski definition) is 1. The number of likely N-dealkylation sites (N-methyl/N-ethyl adjacent to an activating group) is 1. The number of fused-ring (bicyclic) bond motifs is 1. The van der Waals surface area contributed by atoms with Gasteiger partial charge in [0.2, 0.25) is 15.9 Å². The lowest BCUT2D eigenvalue weighted by molar-refractivity contribution is 0.0373. The predicted molar refractivity (Wildman–Crippen MR) is 145 cm³/mol. The Morgan fingerprint density at radius 3 is 2.59 bits per heavy atom. The Kier molecular flexibility index (Phi) is 9.26. The molecule has 8 nitrogen and oxygen atoms in total. The lowest BCUT2D eigenvalue weighted by Gasteiger charge is -2.37. The van der Waals surface area contributed by atoms with Crippen molar-refractivity contribution in [2.75, 3.05) is 26.7 Å². The smallest absolute Gasteiger partial charge is 0.259 e. The molecule has 3 atom stereocenters. The highest BCUT2D eigenvalue weighted by Crippen LogP contribution is 2.28. The van der Waals surface area contributed by atoms with Crippen LogP contribution in [0.5, 0.6) is 5.88 Å². The van der Waals surface area contributed by atoms with Crippen molar-refractivity contribution in [3.63, 3.8) is 0 Å². The first-order valence-corrected chi connectivity index (χ1v) is 14.9. The second-order valence-electron chi connectivity index (χ2n) is 10.5. The Labute approximate surface area is 230 Å². The van der Waals surface area contributed by atoms with Gasteiger partial charge in [0.05, 0.1) is 24.1 Å². The van der Waals surface area contributed by atoms with Crippen molar-refractivity contribution in [2.45, 2.75) is 63.0 Å². The standard InChI is InChI=1S/C29H36FN3O5S/c1-20-17-33(21(2)19-34)29(35)26-15-23(10-9-22-7-5-4-6-8-22)16-31-28(26)38-27(20)18-32(3)39(36,37)25-13-11-24(30)12-14-25/h11-16,20-22,27,34H,4-8,17-19H2,1-3H3/t20-,21+,27-/m0/s1. The van der Waals surface area contributed by atoms with Gasteiger partial charge < -0.3 is 14.7 Å². The van der Waals surface area contributed by atoms with Crippen molar-refractivity contribution in [1.29, 1.82) is 0 Å². The first-order chi connectivity index (χ1) is 18.6. The highest BCUT2D eigenvalue weighted by atomic mass is 32.2. The highest BCUT2D eigenvalue weighted by Gasteiger charge is 2.36. The Bertz CT molecular complexity index is 1330. The lowest BCUT2D eigenvalue weighted by Crippen LogP contribution is -2.50. The van der Waals surface area contributed by atoms with E-state index in [1.165, 1.54) is 38.4 Å². The van der Waals surface area contributed by atoms with Crippen LogP contribution in [0.1, 0.15) is 61.9 Å². The number of pyridine rings is 1. The summed E-state index contributed by atoms with van der Waals surface area (Å²) in [6.45, 7) is 3.61. The average molecular weight is 558 g/mol. The van der Waals surface area contributed by atoms with Gasteiger partial charge in [0.1, 0.15) is 17.5 Å². The summed E-state index contributed by atoms with van der Waals surface area (Å²) in [6.07, 6.45) is 6.65. The van der Waals surface area contributed by atoms with Crippen LogP contribution < -0.4 is 4.74 Å². The molecule has 0 bridgehead atoms. The molecular weight excluding hydrogens is 521 g/mol. The van der Waals surface area contributed by atoms with Gasteiger partial charge in [-0.25, -0.2) is 17.8 Å². The number of hydrogen-bond acceptors (Lipinski definition) is 6. The summed E-state index contributed by atoms with van der Waals surface area (Å²) in [4.78, 5) is 19.6. The molecule has 0 saturated heterocycles. The minimum absolute atomic E-state index is 0.0270. The molecule has 4 rings (SSSR count). The van der Waals surface area contributed by atoms with Gasteiger partial charge in [-0.05, 0) is 50.1 Å². The monoisotopic (exact) mass is 557 g/mol. The summed E-state index contributed by atoms with van der Waals surface area (Å²) in [5, 5.41) is 9.87. The number of halogens is 1. The van der Waals surface area contributed by atoms with Crippen molar-refractivity contribution in [3.05, 3.63) is 53.5 Å². The van der Waals surface area contributed by atoms with Gasteiger partial charge in [0, 0.05) is 37.2 Å². The van der Waals surface area contributed by atoms with Gasteiger partial charge in [-0.3, -0.25) is 4.79 Å². The number of nitrogens with zero attached hydrogens (tertiary/aromatic N) is 3.